The summed E-state index contributed by atoms with van der Waals surface area (Å²) < 4.78 is 13.0. The number of pyridine rings is 1. The van der Waals surface area contributed by atoms with Crippen LogP contribution in [0.2, 0.25) is 5.15 Å². The van der Waals surface area contributed by atoms with Crippen molar-refractivity contribution in [1.29, 1.82) is 0 Å². The Bertz CT molecular complexity index is 447. The number of nitrogens with zero attached hydrogens (tertiary/aromatic N) is 1. The van der Waals surface area contributed by atoms with Gasteiger partial charge in [-0.25, -0.2) is 9.37 Å². The highest BCUT2D eigenvalue weighted by Crippen LogP contribution is 2.18. The van der Waals surface area contributed by atoms with Gasteiger partial charge in [0.25, 0.3) is 5.91 Å². The van der Waals surface area contributed by atoms with Gasteiger partial charge in [-0.05, 0) is 18.9 Å². The molecule has 0 spiro atoms. The maximum absolute atomic E-state index is 13.0. The Kier molecular flexibility index (Phi) is 4.14. The molecule has 98 valence electrons. The molecule has 1 aliphatic carbocycles. The first-order valence-corrected chi connectivity index (χ1v) is 6.39. The quantitative estimate of drug-likeness (QED) is 0.793. The number of nitrogens with one attached hydrogen (secondary N) is 1. The third-order valence-corrected chi connectivity index (χ3v) is 3.53. The summed E-state index contributed by atoms with van der Waals surface area (Å²) in [6, 6.07) is 1.70. The van der Waals surface area contributed by atoms with E-state index in [1.165, 1.54) is 0 Å². The fourth-order valence-corrected chi connectivity index (χ4v) is 2.34. The monoisotopic (exact) mass is 272 g/mol. The van der Waals surface area contributed by atoms with Crippen LogP contribution in [0.5, 0.6) is 0 Å². The Morgan fingerprint density at radius 1 is 1.44 bits per heavy atom. The smallest absolute Gasteiger partial charge is 0.254 e. The van der Waals surface area contributed by atoms with Crippen LogP contribution in [0.25, 0.3) is 0 Å². The van der Waals surface area contributed by atoms with Gasteiger partial charge >= 0.3 is 0 Å². The van der Waals surface area contributed by atoms with Crippen molar-refractivity contribution in [2.45, 2.75) is 37.8 Å². The zero-order valence-electron chi connectivity index (χ0n) is 9.96. The van der Waals surface area contributed by atoms with Crippen molar-refractivity contribution >= 4 is 17.5 Å². The molecule has 1 saturated carbocycles. The third kappa shape index (κ3) is 3.17. The van der Waals surface area contributed by atoms with Gasteiger partial charge in [0.05, 0.1) is 17.8 Å². The normalized spacial score (nSPS) is 23.7. The van der Waals surface area contributed by atoms with Gasteiger partial charge < -0.3 is 11.1 Å². The molecule has 4 N–H and O–H groups in total. The SMILES string of the molecule is [NH3+]C1CCC(NC(=O)c2cc(F)cnc2Cl)CC1. The van der Waals surface area contributed by atoms with E-state index >= 15 is 0 Å². The first kappa shape index (κ1) is 13.2. The fourth-order valence-electron chi connectivity index (χ4n) is 2.15. The number of carbonyl (C=O) groups is 1. The molecule has 0 atom stereocenters. The van der Waals surface area contributed by atoms with Crippen LogP contribution < -0.4 is 11.1 Å². The summed E-state index contributed by atoms with van der Waals surface area (Å²) in [6.07, 6.45) is 4.80. The average molecular weight is 273 g/mol. The Morgan fingerprint density at radius 3 is 2.78 bits per heavy atom. The van der Waals surface area contributed by atoms with E-state index in [1.54, 1.807) is 0 Å². The number of amides is 1. The van der Waals surface area contributed by atoms with Gasteiger partial charge in [-0.3, -0.25) is 4.79 Å². The van der Waals surface area contributed by atoms with Gasteiger partial charge in [0.2, 0.25) is 0 Å². The van der Waals surface area contributed by atoms with Crippen molar-refractivity contribution in [3.05, 3.63) is 28.8 Å². The second-order valence-corrected chi connectivity index (χ2v) is 5.04. The minimum Gasteiger partial charge on any atom is -0.355 e. The molecule has 0 bridgehead atoms. The van der Waals surface area contributed by atoms with Gasteiger partial charge in [-0.15, -0.1) is 0 Å². The second-order valence-electron chi connectivity index (χ2n) is 4.68. The van der Waals surface area contributed by atoms with E-state index in [0.717, 1.165) is 37.9 Å². The van der Waals surface area contributed by atoms with Gasteiger partial charge in [0.15, 0.2) is 0 Å². The molecule has 0 unspecified atom stereocenters. The van der Waals surface area contributed by atoms with Crippen molar-refractivity contribution in [2.24, 2.45) is 0 Å². The summed E-state index contributed by atoms with van der Waals surface area (Å²) in [6.45, 7) is 0. The summed E-state index contributed by atoms with van der Waals surface area (Å²) in [4.78, 5) is 15.6. The lowest BCUT2D eigenvalue weighted by atomic mass is 9.91. The van der Waals surface area contributed by atoms with Crippen LogP contribution in [0.15, 0.2) is 12.3 Å². The number of hydrogen-bond acceptors (Lipinski definition) is 2. The molecule has 1 aromatic heterocycles. The first-order valence-electron chi connectivity index (χ1n) is 6.01. The summed E-state index contributed by atoms with van der Waals surface area (Å²) in [5, 5.41) is 2.89. The van der Waals surface area contributed by atoms with Crippen molar-refractivity contribution < 1.29 is 14.9 Å². The van der Waals surface area contributed by atoms with E-state index in [4.69, 9.17) is 11.6 Å². The first-order chi connectivity index (χ1) is 8.56. The van der Waals surface area contributed by atoms with Crippen molar-refractivity contribution in [1.82, 2.24) is 10.3 Å². The van der Waals surface area contributed by atoms with Crippen molar-refractivity contribution in [3.63, 3.8) is 0 Å². The lowest BCUT2D eigenvalue weighted by molar-refractivity contribution is -0.425. The lowest BCUT2D eigenvalue weighted by Crippen LogP contribution is -2.62. The molecule has 1 fully saturated rings. The summed E-state index contributed by atoms with van der Waals surface area (Å²) in [7, 11) is 0. The van der Waals surface area contributed by atoms with E-state index in [9.17, 15) is 9.18 Å². The standard InChI is InChI=1S/C12H15ClFN3O/c13-11-10(5-7(14)6-16-11)12(18)17-9-3-1-8(15)2-4-9/h5-6,8-9H,1-4,15H2,(H,17,18)/p+1. The number of aromatic nitrogens is 1. The average Bonchev–Trinajstić information content (AvgIpc) is 2.35. The number of hydrogen-bond donors (Lipinski definition) is 2. The highest BCUT2D eigenvalue weighted by molar-refractivity contribution is 6.32. The van der Waals surface area contributed by atoms with Gasteiger partial charge in [-0.2, -0.15) is 0 Å². The topological polar surface area (TPSA) is 69.6 Å². The molecular formula is C12H16ClFN3O+. The molecule has 1 heterocycles. The predicted octanol–water partition coefficient (Wildman–Crippen LogP) is 1.16. The van der Waals surface area contributed by atoms with E-state index < -0.39 is 5.82 Å². The Morgan fingerprint density at radius 2 is 2.11 bits per heavy atom. The van der Waals surface area contributed by atoms with Crippen LogP contribution >= 0.6 is 11.6 Å². The van der Waals surface area contributed by atoms with E-state index in [2.05, 4.69) is 16.0 Å². The molecule has 1 aliphatic rings. The summed E-state index contributed by atoms with van der Waals surface area (Å²) >= 11 is 5.78. The van der Waals surface area contributed by atoms with Crippen molar-refractivity contribution in [3.8, 4) is 0 Å². The maximum Gasteiger partial charge on any atom is 0.254 e. The van der Waals surface area contributed by atoms with Crippen LogP contribution in [-0.2, 0) is 0 Å². The molecular weight excluding hydrogens is 257 g/mol. The fraction of sp³-hybridized carbons (Fsp3) is 0.500. The van der Waals surface area contributed by atoms with Crippen LogP contribution in [0, 0.1) is 5.82 Å². The number of rotatable bonds is 2. The molecule has 18 heavy (non-hydrogen) atoms. The maximum atomic E-state index is 13.0. The van der Waals surface area contributed by atoms with Crippen LogP contribution in [0.1, 0.15) is 36.0 Å². The second kappa shape index (κ2) is 5.63. The molecule has 0 aliphatic heterocycles. The molecule has 0 radical (unpaired) electrons. The number of halogens is 2. The molecule has 1 aromatic rings. The molecule has 6 heteroatoms. The van der Waals surface area contributed by atoms with E-state index in [-0.39, 0.29) is 22.7 Å². The minimum absolute atomic E-state index is 0.0275. The minimum atomic E-state index is -0.564. The lowest BCUT2D eigenvalue weighted by Gasteiger charge is -2.25. The van der Waals surface area contributed by atoms with Gasteiger partial charge in [0, 0.05) is 18.9 Å². The van der Waals surface area contributed by atoms with Gasteiger partial charge in [-0.1, -0.05) is 11.6 Å². The van der Waals surface area contributed by atoms with Crippen LogP contribution in [0.4, 0.5) is 4.39 Å². The summed E-state index contributed by atoms with van der Waals surface area (Å²) in [5.74, 6) is -0.925. The molecule has 4 nitrogen and oxygen atoms in total. The largest absolute Gasteiger partial charge is 0.355 e. The number of quaternary nitrogens is 1. The van der Waals surface area contributed by atoms with Gasteiger partial charge in [0.1, 0.15) is 11.0 Å². The highest BCUT2D eigenvalue weighted by atomic mass is 35.5. The van der Waals surface area contributed by atoms with Crippen LogP contribution in [-0.4, -0.2) is 23.0 Å². The Hall–Kier alpha value is -1.20. The zero-order chi connectivity index (χ0) is 13.1. The highest BCUT2D eigenvalue weighted by Gasteiger charge is 2.23. The third-order valence-electron chi connectivity index (χ3n) is 3.23. The number of carbonyl (C=O) groups excluding carboxylic acids is 1. The van der Waals surface area contributed by atoms with E-state index in [1.807, 2.05) is 0 Å². The summed E-state index contributed by atoms with van der Waals surface area (Å²) in [5.41, 5.74) is 4.09. The van der Waals surface area contributed by atoms with E-state index in [0.29, 0.717) is 6.04 Å². The van der Waals surface area contributed by atoms with Crippen LogP contribution in [0.3, 0.4) is 0 Å². The molecule has 0 aromatic carbocycles. The predicted molar refractivity (Wildman–Crippen MR) is 65.6 cm³/mol. The zero-order valence-corrected chi connectivity index (χ0v) is 10.7. The molecule has 2 rings (SSSR count). The van der Waals surface area contributed by atoms with Crippen molar-refractivity contribution in [2.75, 3.05) is 0 Å². The Balaban J connectivity index is 2.01. The molecule has 0 saturated heterocycles. The molecule has 1 amide bonds. The Labute approximate surface area is 110 Å².